The largest absolute Gasteiger partial charge is 0.496 e. The minimum absolute atomic E-state index is 0.112. The Balaban J connectivity index is 1.97. The number of amides is 1. The molecule has 0 unspecified atom stereocenters. The molecule has 1 aliphatic heterocycles. The summed E-state index contributed by atoms with van der Waals surface area (Å²) in [5.74, 6) is 0.268. The minimum Gasteiger partial charge on any atom is -0.496 e. The van der Waals surface area contributed by atoms with E-state index in [1.807, 2.05) is 49.2 Å². The number of hydrogen-bond acceptors (Lipinski definition) is 4. The van der Waals surface area contributed by atoms with E-state index in [-0.39, 0.29) is 24.3 Å². The first kappa shape index (κ1) is 19.0. The van der Waals surface area contributed by atoms with E-state index in [1.54, 1.807) is 13.2 Å². The number of rotatable bonds is 6. The number of benzene rings is 2. The number of carbonyl (C=O) groups excluding carboxylic acids is 1. The van der Waals surface area contributed by atoms with Crippen molar-refractivity contribution in [2.75, 3.05) is 27.2 Å². The maximum absolute atomic E-state index is 13.8. The van der Waals surface area contributed by atoms with Gasteiger partial charge in [-0.15, -0.1) is 0 Å². The van der Waals surface area contributed by atoms with Crippen LogP contribution < -0.4 is 4.74 Å². The average molecular weight is 369 g/mol. The van der Waals surface area contributed by atoms with E-state index in [1.165, 1.54) is 17.1 Å². The van der Waals surface area contributed by atoms with Crippen molar-refractivity contribution in [3.63, 3.8) is 0 Å². The van der Waals surface area contributed by atoms with Crippen molar-refractivity contribution in [2.45, 2.75) is 19.4 Å². The van der Waals surface area contributed by atoms with Gasteiger partial charge < -0.3 is 4.74 Å². The van der Waals surface area contributed by atoms with Gasteiger partial charge in [-0.05, 0) is 43.4 Å². The monoisotopic (exact) mass is 369 g/mol. The van der Waals surface area contributed by atoms with E-state index in [4.69, 9.17) is 4.74 Å². The van der Waals surface area contributed by atoms with Gasteiger partial charge in [0.15, 0.2) is 0 Å². The van der Waals surface area contributed by atoms with Gasteiger partial charge in [0.1, 0.15) is 11.6 Å². The maximum Gasteiger partial charge on any atom is 0.257 e. The first-order chi connectivity index (χ1) is 13.0. The fourth-order valence-electron chi connectivity index (χ4n) is 3.17. The third kappa shape index (κ3) is 4.17. The predicted octanol–water partition coefficient (Wildman–Crippen LogP) is 3.46. The van der Waals surface area contributed by atoms with Crippen molar-refractivity contribution >= 4 is 11.6 Å². The van der Waals surface area contributed by atoms with Gasteiger partial charge in [-0.2, -0.15) is 5.10 Å². The SMILES string of the molecule is CCN(C)CC(=O)N1N=C(c2ccccc2OC)C[C@@H]1c1cccc(F)c1. The number of halogens is 1. The topological polar surface area (TPSA) is 45.1 Å². The highest BCUT2D eigenvalue weighted by Crippen LogP contribution is 2.35. The van der Waals surface area contributed by atoms with Gasteiger partial charge in [-0.3, -0.25) is 9.69 Å². The van der Waals surface area contributed by atoms with Crippen molar-refractivity contribution < 1.29 is 13.9 Å². The number of hydrazone groups is 1. The highest BCUT2D eigenvalue weighted by Gasteiger charge is 2.34. The van der Waals surface area contributed by atoms with Crippen LogP contribution in [-0.2, 0) is 4.79 Å². The molecule has 0 fully saturated rings. The summed E-state index contributed by atoms with van der Waals surface area (Å²) in [4.78, 5) is 14.8. The molecular formula is C21H24FN3O2. The lowest BCUT2D eigenvalue weighted by atomic mass is 9.98. The van der Waals surface area contributed by atoms with Crippen LogP contribution in [0.3, 0.4) is 0 Å². The van der Waals surface area contributed by atoms with Gasteiger partial charge in [-0.25, -0.2) is 9.40 Å². The zero-order chi connectivity index (χ0) is 19.4. The van der Waals surface area contributed by atoms with Crippen LogP contribution in [0.15, 0.2) is 53.6 Å². The summed E-state index contributed by atoms with van der Waals surface area (Å²) >= 11 is 0. The van der Waals surface area contributed by atoms with Gasteiger partial charge in [0.05, 0.1) is 25.4 Å². The number of methoxy groups -OCH3 is 1. The fraction of sp³-hybridized carbons (Fsp3) is 0.333. The molecule has 1 aliphatic rings. The van der Waals surface area contributed by atoms with Crippen molar-refractivity contribution in [1.82, 2.24) is 9.91 Å². The summed E-state index contributed by atoms with van der Waals surface area (Å²) in [5, 5.41) is 6.10. The Morgan fingerprint density at radius 2 is 2.07 bits per heavy atom. The highest BCUT2D eigenvalue weighted by atomic mass is 19.1. The van der Waals surface area contributed by atoms with E-state index in [0.717, 1.165) is 23.4 Å². The summed E-state index contributed by atoms with van der Waals surface area (Å²) in [5.41, 5.74) is 2.34. The van der Waals surface area contributed by atoms with Crippen LogP contribution in [-0.4, -0.2) is 48.8 Å². The quantitative estimate of drug-likeness (QED) is 0.783. The number of likely N-dealkylation sites (N-methyl/N-ethyl adjacent to an activating group) is 1. The Labute approximate surface area is 159 Å². The molecule has 5 nitrogen and oxygen atoms in total. The van der Waals surface area contributed by atoms with E-state index >= 15 is 0 Å². The number of para-hydroxylation sites is 1. The molecule has 1 atom stereocenters. The molecule has 2 aromatic carbocycles. The first-order valence-electron chi connectivity index (χ1n) is 9.00. The fourth-order valence-corrected chi connectivity index (χ4v) is 3.17. The number of nitrogens with zero attached hydrogens (tertiary/aromatic N) is 3. The van der Waals surface area contributed by atoms with Gasteiger partial charge in [0.25, 0.3) is 5.91 Å². The second-order valence-electron chi connectivity index (χ2n) is 6.59. The van der Waals surface area contributed by atoms with Gasteiger partial charge in [0, 0.05) is 12.0 Å². The normalized spacial score (nSPS) is 16.6. The molecule has 2 aromatic rings. The molecule has 0 saturated carbocycles. The van der Waals surface area contributed by atoms with Gasteiger partial charge in [-0.1, -0.05) is 31.2 Å². The van der Waals surface area contributed by atoms with Crippen LogP contribution in [0.2, 0.25) is 0 Å². The molecule has 0 bridgehead atoms. The number of ether oxygens (including phenoxy) is 1. The first-order valence-corrected chi connectivity index (χ1v) is 9.00. The second kappa shape index (κ2) is 8.31. The minimum atomic E-state index is -0.335. The molecule has 0 saturated heterocycles. The molecule has 0 aliphatic carbocycles. The van der Waals surface area contributed by atoms with Crippen molar-refractivity contribution in [1.29, 1.82) is 0 Å². The smallest absolute Gasteiger partial charge is 0.257 e. The van der Waals surface area contributed by atoms with E-state index in [9.17, 15) is 9.18 Å². The predicted molar refractivity (Wildman–Crippen MR) is 103 cm³/mol. The summed E-state index contributed by atoms with van der Waals surface area (Å²) < 4.78 is 19.2. The Morgan fingerprint density at radius 1 is 1.30 bits per heavy atom. The third-order valence-corrected chi connectivity index (χ3v) is 4.76. The molecule has 0 radical (unpaired) electrons. The molecule has 142 valence electrons. The highest BCUT2D eigenvalue weighted by molar-refractivity contribution is 6.05. The van der Waals surface area contributed by atoms with Crippen LogP contribution in [0, 0.1) is 5.82 Å². The van der Waals surface area contributed by atoms with E-state index in [0.29, 0.717) is 12.2 Å². The van der Waals surface area contributed by atoms with Crippen LogP contribution in [0.5, 0.6) is 5.75 Å². The summed E-state index contributed by atoms with van der Waals surface area (Å²) in [6.07, 6.45) is 0.505. The molecule has 27 heavy (non-hydrogen) atoms. The average Bonchev–Trinajstić information content (AvgIpc) is 3.13. The maximum atomic E-state index is 13.8. The second-order valence-corrected chi connectivity index (χ2v) is 6.59. The van der Waals surface area contributed by atoms with Crippen LogP contribution >= 0.6 is 0 Å². The Bertz CT molecular complexity index is 853. The summed E-state index contributed by atoms with van der Waals surface area (Å²) in [6, 6.07) is 13.6. The van der Waals surface area contributed by atoms with Crippen molar-refractivity contribution in [2.24, 2.45) is 5.10 Å². The van der Waals surface area contributed by atoms with Crippen LogP contribution in [0.25, 0.3) is 0 Å². The zero-order valence-electron chi connectivity index (χ0n) is 15.9. The lowest BCUT2D eigenvalue weighted by Gasteiger charge is -2.24. The number of hydrogen-bond donors (Lipinski definition) is 0. The number of carbonyl (C=O) groups is 1. The molecule has 6 heteroatoms. The van der Waals surface area contributed by atoms with Crippen LogP contribution in [0.4, 0.5) is 4.39 Å². The molecule has 3 rings (SSSR count). The lowest BCUT2D eigenvalue weighted by Crippen LogP contribution is -2.36. The Kier molecular flexibility index (Phi) is 5.86. The Morgan fingerprint density at radius 3 is 2.78 bits per heavy atom. The van der Waals surface area contributed by atoms with Gasteiger partial charge >= 0.3 is 0 Å². The summed E-state index contributed by atoms with van der Waals surface area (Å²) in [6.45, 7) is 3.00. The lowest BCUT2D eigenvalue weighted by molar-refractivity contribution is -0.133. The summed E-state index contributed by atoms with van der Waals surface area (Å²) in [7, 11) is 3.49. The zero-order valence-corrected chi connectivity index (χ0v) is 15.9. The third-order valence-electron chi connectivity index (χ3n) is 4.76. The van der Waals surface area contributed by atoms with Gasteiger partial charge in [0.2, 0.25) is 0 Å². The molecule has 0 spiro atoms. The van der Waals surface area contributed by atoms with E-state index in [2.05, 4.69) is 5.10 Å². The van der Waals surface area contributed by atoms with Crippen LogP contribution in [0.1, 0.15) is 30.5 Å². The van der Waals surface area contributed by atoms with Crippen molar-refractivity contribution in [3.8, 4) is 5.75 Å². The van der Waals surface area contributed by atoms with Crippen molar-refractivity contribution in [3.05, 3.63) is 65.5 Å². The molecule has 1 amide bonds. The molecular weight excluding hydrogens is 345 g/mol. The standard InChI is InChI=1S/C21H24FN3O2/c1-4-24(2)14-21(26)25-19(15-8-7-9-16(22)12-15)13-18(23-25)17-10-5-6-11-20(17)27-3/h5-12,19H,4,13-14H2,1-3H3/t19-/m1/s1. The van der Waals surface area contributed by atoms with E-state index < -0.39 is 0 Å². The molecule has 0 aromatic heterocycles. The Hall–Kier alpha value is -2.73. The molecule has 0 N–H and O–H groups in total. The molecule has 1 heterocycles.